The van der Waals surface area contributed by atoms with E-state index in [2.05, 4.69) is 5.32 Å². The van der Waals surface area contributed by atoms with Gasteiger partial charge < -0.3 is 10.2 Å². The highest BCUT2D eigenvalue weighted by atomic mass is 32.2. The lowest BCUT2D eigenvalue weighted by Crippen LogP contribution is -2.54. The second-order valence-electron chi connectivity index (χ2n) is 9.65. The standard InChI is InChI=1S/C27H35F2N3O4S/c1-4-25(27(34)30-21-11-6-5-7-12-21)31(17-20-10-8-9-19(2)15-20)26(33)18-32(37(3,35)36)22-13-14-23(28)24(29)16-22/h8-10,13-16,21,25H,4-7,11-12,17-18H2,1-3H3,(H,30,34)/t25-/m0/s1. The Labute approximate surface area is 217 Å². The first-order valence-corrected chi connectivity index (χ1v) is 14.4. The van der Waals surface area contributed by atoms with Crippen molar-refractivity contribution in [3.8, 4) is 0 Å². The molecule has 0 radical (unpaired) electrons. The molecule has 3 rings (SSSR count). The maximum atomic E-state index is 13.9. The molecule has 0 heterocycles. The highest BCUT2D eigenvalue weighted by molar-refractivity contribution is 7.92. The number of nitrogens with zero attached hydrogens (tertiary/aromatic N) is 2. The van der Waals surface area contributed by atoms with Gasteiger partial charge in [0.25, 0.3) is 0 Å². The molecular weight excluding hydrogens is 500 g/mol. The number of carbonyl (C=O) groups excluding carboxylic acids is 2. The lowest BCUT2D eigenvalue weighted by Gasteiger charge is -2.34. The van der Waals surface area contributed by atoms with E-state index in [0.29, 0.717) is 6.42 Å². The van der Waals surface area contributed by atoms with Crippen LogP contribution in [0.3, 0.4) is 0 Å². The Morgan fingerprint density at radius 2 is 1.76 bits per heavy atom. The fraction of sp³-hybridized carbons (Fsp3) is 0.481. The minimum Gasteiger partial charge on any atom is -0.352 e. The number of sulfonamides is 1. The number of halogens is 2. The van der Waals surface area contributed by atoms with Crippen molar-refractivity contribution in [1.82, 2.24) is 10.2 Å². The van der Waals surface area contributed by atoms with Crippen LogP contribution in [0.5, 0.6) is 0 Å². The summed E-state index contributed by atoms with van der Waals surface area (Å²) in [6.45, 7) is 3.14. The zero-order valence-electron chi connectivity index (χ0n) is 21.5. The monoisotopic (exact) mass is 535 g/mol. The highest BCUT2D eigenvalue weighted by Crippen LogP contribution is 2.23. The minimum atomic E-state index is -4.03. The van der Waals surface area contributed by atoms with Crippen LogP contribution in [0.1, 0.15) is 56.6 Å². The molecule has 1 aliphatic rings. The molecule has 0 saturated heterocycles. The normalized spacial score (nSPS) is 15.2. The van der Waals surface area contributed by atoms with Crippen molar-refractivity contribution in [3.63, 3.8) is 0 Å². The molecule has 202 valence electrons. The van der Waals surface area contributed by atoms with Crippen molar-refractivity contribution >= 4 is 27.5 Å². The van der Waals surface area contributed by atoms with Crippen LogP contribution >= 0.6 is 0 Å². The van der Waals surface area contributed by atoms with Crippen LogP contribution in [-0.2, 0) is 26.2 Å². The number of aryl methyl sites for hydroxylation is 1. The molecule has 0 aliphatic heterocycles. The Balaban J connectivity index is 1.93. The van der Waals surface area contributed by atoms with Gasteiger partial charge in [0.1, 0.15) is 12.6 Å². The molecule has 2 aromatic rings. The van der Waals surface area contributed by atoms with Gasteiger partial charge >= 0.3 is 0 Å². The van der Waals surface area contributed by atoms with Gasteiger partial charge in [0.15, 0.2) is 11.6 Å². The van der Waals surface area contributed by atoms with E-state index >= 15 is 0 Å². The van der Waals surface area contributed by atoms with Crippen LogP contribution in [0.25, 0.3) is 0 Å². The summed E-state index contributed by atoms with van der Waals surface area (Å²) >= 11 is 0. The van der Waals surface area contributed by atoms with Crippen LogP contribution in [0.2, 0.25) is 0 Å². The molecule has 0 bridgehead atoms. The van der Waals surface area contributed by atoms with Gasteiger partial charge in [-0.1, -0.05) is 56.0 Å². The molecule has 37 heavy (non-hydrogen) atoms. The number of hydrogen-bond donors (Lipinski definition) is 1. The smallest absolute Gasteiger partial charge is 0.244 e. The Bertz CT molecular complexity index is 1220. The molecule has 1 fully saturated rings. The summed E-state index contributed by atoms with van der Waals surface area (Å²) in [5.74, 6) is -3.26. The van der Waals surface area contributed by atoms with Crippen molar-refractivity contribution in [3.05, 3.63) is 65.2 Å². The van der Waals surface area contributed by atoms with Crippen LogP contribution in [0.15, 0.2) is 42.5 Å². The van der Waals surface area contributed by atoms with Crippen molar-refractivity contribution in [2.75, 3.05) is 17.1 Å². The predicted molar refractivity (Wildman–Crippen MR) is 139 cm³/mol. The SMILES string of the molecule is CC[C@@H](C(=O)NC1CCCCC1)N(Cc1cccc(C)c1)C(=O)CN(c1ccc(F)c(F)c1)S(C)(=O)=O. The summed E-state index contributed by atoms with van der Waals surface area (Å²) in [7, 11) is -4.03. The van der Waals surface area contributed by atoms with E-state index in [4.69, 9.17) is 0 Å². The summed E-state index contributed by atoms with van der Waals surface area (Å²) in [5, 5.41) is 3.08. The molecule has 1 atom stereocenters. The molecule has 0 unspecified atom stereocenters. The van der Waals surface area contributed by atoms with Crippen molar-refractivity contribution in [2.45, 2.75) is 71.0 Å². The van der Waals surface area contributed by atoms with Crippen LogP contribution < -0.4 is 9.62 Å². The van der Waals surface area contributed by atoms with Gasteiger partial charge in [0, 0.05) is 18.7 Å². The van der Waals surface area contributed by atoms with Gasteiger partial charge in [0.2, 0.25) is 21.8 Å². The maximum Gasteiger partial charge on any atom is 0.244 e. The lowest BCUT2D eigenvalue weighted by atomic mass is 9.95. The van der Waals surface area contributed by atoms with Gasteiger partial charge in [-0.3, -0.25) is 13.9 Å². The van der Waals surface area contributed by atoms with Crippen LogP contribution in [0, 0.1) is 18.6 Å². The number of benzene rings is 2. The van der Waals surface area contributed by atoms with E-state index in [1.54, 1.807) is 6.92 Å². The molecule has 2 aromatic carbocycles. The number of anilines is 1. The zero-order chi connectivity index (χ0) is 27.2. The molecular formula is C27H35F2N3O4S. The lowest BCUT2D eigenvalue weighted by molar-refractivity contribution is -0.140. The first kappa shape index (κ1) is 28.6. The second kappa shape index (κ2) is 12.5. The van der Waals surface area contributed by atoms with Crippen LogP contribution in [-0.4, -0.2) is 50.0 Å². The van der Waals surface area contributed by atoms with E-state index in [1.807, 2.05) is 31.2 Å². The first-order valence-electron chi connectivity index (χ1n) is 12.6. The van der Waals surface area contributed by atoms with Crippen molar-refractivity contribution in [1.29, 1.82) is 0 Å². The van der Waals surface area contributed by atoms with E-state index in [1.165, 1.54) is 4.90 Å². The molecule has 7 nitrogen and oxygen atoms in total. The van der Waals surface area contributed by atoms with Gasteiger partial charge in [-0.05, 0) is 43.9 Å². The molecule has 2 amide bonds. The van der Waals surface area contributed by atoms with Crippen molar-refractivity contribution < 1.29 is 26.8 Å². The minimum absolute atomic E-state index is 0.0425. The Kier molecular flexibility index (Phi) is 9.64. The van der Waals surface area contributed by atoms with E-state index in [-0.39, 0.29) is 24.2 Å². The number of carbonyl (C=O) groups is 2. The second-order valence-corrected chi connectivity index (χ2v) is 11.6. The number of amides is 2. The van der Waals surface area contributed by atoms with Crippen LogP contribution in [0.4, 0.5) is 14.5 Å². The third-order valence-corrected chi connectivity index (χ3v) is 7.78. The van der Waals surface area contributed by atoms with E-state index < -0.39 is 40.2 Å². The zero-order valence-corrected chi connectivity index (χ0v) is 22.4. The predicted octanol–water partition coefficient (Wildman–Crippen LogP) is 4.30. The first-order chi connectivity index (χ1) is 17.5. The summed E-state index contributed by atoms with van der Waals surface area (Å²) in [4.78, 5) is 28.4. The Morgan fingerprint density at radius 3 is 2.35 bits per heavy atom. The topological polar surface area (TPSA) is 86.8 Å². The van der Waals surface area contributed by atoms with Gasteiger partial charge in [-0.15, -0.1) is 0 Å². The summed E-state index contributed by atoms with van der Waals surface area (Å²) in [6, 6.07) is 9.36. The third-order valence-electron chi connectivity index (χ3n) is 6.64. The Morgan fingerprint density at radius 1 is 1.05 bits per heavy atom. The maximum absolute atomic E-state index is 13.9. The number of hydrogen-bond acceptors (Lipinski definition) is 4. The average Bonchev–Trinajstić information content (AvgIpc) is 2.84. The summed E-state index contributed by atoms with van der Waals surface area (Å²) < 4.78 is 53.3. The largest absolute Gasteiger partial charge is 0.352 e. The molecule has 1 aliphatic carbocycles. The third kappa shape index (κ3) is 7.74. The van der Waals surface area contributed by atoms with E-state index in [0.717, 1.165) is 72.0 Å². The van der Waals surface area contributed by atoms with E-state index in [9.17, 15) is 26.8 Å². The summed E-state index contributed by atoms with van der Waals surface area (Å²) in [5.41, 5.74) is 1.59. The fourth-order valence-corrected chi connectivity index (χ4v) is 5.57. The Hall–Kier alpha value is -3.01. The average molecular weight is 536 g/mol. The van der Waals surface area contributed by atoms with Crippen molar-refractivity contribution in [2.24, 2.45) is 0 Å². The highest BCUT2D eigenvalue weighted by Gasteiger charge is 2.33. The fourth-order valence-electron chi connectivity index (χ4n) is 4.72. The molecule has 1 saturated carbocycles. The van der Waals surface area contributed by atoms with Gasteiger partial charge in [-0.2, -0.15) is 0 Å². The summed E-state index contributed by atoms with van der Waals surface area (Å²) in [6.07, 6.45) is 6.17. The molecule has 0 aromatic heterocycles. The quantitative estimate of drug-likeness (QED) is 0.492. The number of rotatable bonds is 10. The van der Waals surface area contributed by atoms with Gasteiger partial charge in [-0.25, -0.2) is 17.2 Å². The molecule has 0 spiro atoms. The molecule has 10 heteroatoms. The van der Waals surface area contributed by atoms with Gasteiger partial charge in [0.05, 0.1) is 11.9 Å². The number of nitrogens with one attached hydrogen (secondary N) is 1. The molecule has 1 N–H and O–H groups in total.